The minimum absolute atomic E-state index is 0.00882. The Hall–Kier alpha value is -2.62. The van der Waals surface area contributed by atoms with E-state index in [-0.39, 0.29) is 11.9 Å². The molecule has 3 heterocycles. The van der Waals surface area contributed by atoms with Gasteiger partial charge in [0.15, 0.2) is 10.8 Å². The Balaban J connectivity index is 1.62. The van der Waals surface area contributed by atoms with Crippen molar-refractivity contribution in [1.29, 1.82) is 0 Å². The Morgan fingerprint density at radius 3 is 2.77 bits per heavy atom. The molecule has 0 unspecified atom stereocenters. The predicted octanol–water partition coefficient (Wildman–Crippen LogP) is 3.11. The minimum Gasteiger partial charge on any atom is -0.367 e. The molecule has 2 N–H and O–H groups in total. The molecule has 0 aliphatic carbocycles. The van der Waals surface area contributed by atoms with Crippen LogP contribution in [0.15, 0.2) is 15.9 Å². The van der Waals surface area contributed by atoms with E-state index in [0.717, 1.165) is 44.8 Å². The maximum absolute atomic E-state index is 12.2. The summed E-state index contributed by atoms with van der Waals surface area (Å²) in [7, 11) is 0. The molecule has 0 saturated carbocycles. The van der Waals surface area contributed by atoms with Crippen LogP contribution in [-0.4, -0.2) is 49.2 Å². The van der Waals surface area contributed by atoms with E-state index in [0.29, 0.717) is 25.9 Å². The SMILES string of the molecule is CCSc1nc(NC(C)C)c2cnn(CCNC(=O)CCc3c(C)noc3C)c2n1. The van der Waals surface area contributed by atoms with E-state index < -0.39 is 0 Å². The Kier molecular flexibility index (Phi) is 7.30. The van der Waals surface area contributed by atoms with E-state index in [4.69, 9.17) is 4.52 Å². The van der Waals surface area contributed by atoms with Gasteiger partial charge in [-0.1, -0.05) is 23.8 Å². The zero-order valence-corrected chi connectivity index (χ0v) is 19.0. The number of nitrogens with zero attached hydrogens (tertiary/aromatic N) is 5. The van der Waals surface area contributed by atoms with Crippen molar-refractivity contribution in [1.82, 2.24) is 30.2 Å². The van der Waals surface area contributed by atoms with Crippen molar-refractivity contribution in [3.05, 3.63) is 23.2 Å². The van der Waals surface area contributed by atoms with Gasteiger partial charge < -0.3 is 15.2 Å². The number of thioether (sulfide) groups is 1. The number of anilines is 1. The third kappa shape index (κ3) is 5.29. The molecule has 3 aromatic rings. The third-order valence-electron chi connectivity index (χ3n) is 4.60. The molecule has 0 atom stereocenters. The van der Waals surface area contributed by atoms with Crippen LogP contribution in [0.2, 0.25) is 0 Å². The van der Waals surface area contributed by atoms with Gasteiger partial charge in [0.05, 0.1) is 23.8 Å². The maximum Gasteiger partial charge on any atom is 0.220 e. The second kappa shape index (κ2) is 9.92. The monoisotopic (exact) mass is 431 g/mol. The lowest BCUT2D eigenvalue weighted by atomic mass is 10.1. The lowest BCUT2D eigenvalue weighted by molar-refractivity contribution is -0.121. The summed E-state index contributed by atoms with van der Waals surface area (Å²) in [5, 5.41) is 16.3. The summed E-state index contributed by atoms with van der Waals surface area (Å²) in [5.74, 6) is 2.45. The summed E-state index contributed by atoms with van der Waals surface area (Å²) < 4.78 is 6.96. The number of carbonyl (C=O) groups is 1. The molecule has 10 heteroatoms. The fourth-order valence-corrected chi connectivity index (χ4v) is 3.73. The number of hydrogen-bond donors (Lipinski definition) is 2. The molecule has 0 radical (unpaired) electrons. The largest absolute Gasteiger partial charge is 0.367 e. The van der Waals surface area contributed by atoms with Gasteiger partial charge >= 0.3 is 0 Å². The first-order chi connectivity index (χ1) is 14.4. The van der Waals surface area contributed by atoms with E-state index in [9.17, 15) is 4.79 Å². The number of nitrogens with one attached hydrogen (secondary N) is 2. The molecule has 0 aliphatic heterocycles. The Labute approximate surface area is 180 Å². The standard InChI is InChI=1S/C20H29N7O2S/c1-6-30-20-24-18(23-12(2)3)16-11-22-27(19(16)25-20)10-9-21-17(28)8-7-15-13(4)26-29-14(15)5/h11-12H,6-10H2,1-5H3,(H,21,28)(H,23,24,25). The van der Waals surface area contributed by atoms with Gasteiger partial charge in [0, 0.05) is 24.6 Å². The van der Waals surface area contributed by atoms with Crippen LogP contribution in [0.5, 0.6) is 0 Å². The fraction of sp³-hybridized carbons (Fsp3) is 0.550. The lowest BCUT2D eigenvalue weighted by Gasteiger charge is -2.11. The number of amides is 1. The van der Waals surface area contributed by atoms with Crippen molar-refractivity contribution < 1.29 is 9.32 Å². The molecule has 0 aromatic carbocycles. The van der Waals surface area contributed by atoms with Crippen LogP contribution in [0.3, 0.4) is 0 Å². The molecule has 0 spiro atoms. The first-order valence-electron chi connectivity index (χ1n) is 10.2. The van der Waals surface area contributed by atoms with Crippen molar-refractivity contribution in [2.24, 2.45) is 0 Å². The van der Waals surface area contributed by atoms with Crippen molar-refractivity contribution in [2.45, 2.75) is 65.2 Å². The van der Waals surface area contributed by atoms with E-state index in [2.05, 4.69) is 51.6 Å². The Morgan fingerprint density at radius 1 is 1.30 bits per heavy atom. The first kappa shape index (κ1) is 22.1. The van der Waals surface area contributed by atoms with Crippen LogP contribution < -0.4 is 10.6 Å². The molecule has 30 heavy (non-hydrogen) atoms. The lowest BCUT2D eigenvalue weighted by Crippen LogP contribution is -2.27. The number of hydrogen-bond acceptors (Lipinski definition) is 8. The first-order valence-corrected chi connectivity index (χ1v) is 11.2. The Bertz CT molecular complexity index is 993. The molecule has 0 fully saturated rings. The van der Waals surface area contributed by atoms with Gasteiger partial charge in [-0.05, 0) is 39.9 Å². The molecule has 3 aromatic heterocycles. The van der Waals surface area contributed by atoms with Gasteiger partial charge in [0.2, 0.25) is 5.91 Å². The molecular weight excluding hydrogens is 402 g/mol. The summed E-state index contributed by atoms with van der Waals surface area (Å²) in [6, 6.07) is 0.253. The molecule has 0 aliphatic rings. The summed E-state index contributed by atoms with van der Waals surface area (Å²) in [6.45, 7) is 11.0. The van der Waals surface area contributed by atoms with E-state index >= 15 is 0 Å². The van der Waals surface area contributed by atoms with Crippen LogP contribution in [0.1, 0.15) is 44.2 Å². The van der Waals surface area contributed by atoms with Gasteiger partial charge in [0.25, 0.3) is 0 Å². The summed E-state index contributed by atoms with van der Waals surface area (Å²) in [4.78, 5) is 21.5. The average molecular weight is 432 g/mol. The van der Waals surface area contributed by atoms with Crippen molar-refractivity contribution in [3.8, 4) is 0 Å². The van der Waals surface area contributed by atoms with Crippen LogP contribution >= 0.6 is 11.8 Å². The van der Waals surface area contributed by atoms with Crippen molar-refractivity contribution in [3.63, 3.8) is 0 Å². The highest BCUT2D eigenvalue weighted by atomic mass is 32.2. The maximum atomic E-state index is 12.2. The van der Waals surface area contributed by atoms with Crippen LogP contribution in [0.4, 0.5) is 5.82 Å². The summed E-state index contributed by atoms with van der Waals surface area (Å²) >= 11 is 1.59. The van der Waals surface area contributed by atoms with Crippen LogP contribution in [0.25, 0.3) is 11.0 Å². The fourth-order valence-electron chi connectivity index (χ4n) is 3.16. The second-order valence-corrected chi connectivity index (χ2v) is 8.58. The quantitative estimate of drug-likeness (QED) is 0.372. The molecule has 3 rings (SSSR count). The normalized spacial score (nSPS) is 11.4. The van der Waals surface area contributed by atoms with Crippen LogP contribution in [0, 0.1) is 13.8 Å². The number of aromatic nitrogens is 5. The molecule has 0 bridgehead atoms. The highest BCUT2D eigenvalue weighted by molar-refractivity contribution is 7.99. The zero-order valence-electron chi connectivity index (χ0n) is 18.2. The van der Waals surface area contributed by atoms with E-state index in [1.54, 1.807) is 18.0 Å². The summed E-state index contributed by atoms with van der Waals surface area (Å²) in [5.41, 5.74) is 2.62. The van der Waals surface area contributed by atoms with E-state index in [1.165, 1.54) is 0 Å². The predicted molar refractivity (Wildman–Crippen MR) is 118 cm³/mol. The molecule has 162 valence electrons. The topological polar surface area (TPSA) is 111 Å². The van der Waals surface area contributed by atoms with Gasteiger partial charge in [-0.3, -0.25) is 4.79 Å². The molecule has 1 amide bonds. The molecule has 9 nitrogen and oxygen atoms in total. The van der Waals surface area contributed by atoms with Crippen molar-refractivity contribution in [2.75, 3.05) is 17.6 Å². The molecule has 0 saturated heterocycles. The average Bonchev–Trinajstić information content (AvgIpc) is 3.23. The van der Waals surface area contributed by atoms with Gasteiger partial charge in [-0.15, -0.1) is 0 Å². The Morgan fingerprint density at radius 2 is 2.10 bits per heavy atom. The second-order valence-electron chi connectivity index (χ2n) is 7.34. The van der Waals surface area contributed by atoms with Gasteiger partial charge in [-0.2, -0.15) is 5.10 Å². The smallest absolute Gasteiger partial charge is 0.220 e. The van der Waals surface area contributed by atoms with Crippen molar-refractivity contribution >= 4 is 34.5 Å². The van der Waals surface area contributed by atoms with Gasteiger partial charge in [0.1, 0.15) is 11.6 Å². The third-order valence-corrected chi connectivity index (χ3v) is 5.33. The number of fused-ring (bicyclic) bond motifs is 1. The number of carbonyl (C=O) groups excluding carboxylic acids is 1. The number of rotatable bonds is 10. The van der Waals surface area contributed by atoms with E-state index in [1.807, 2.05) is 18.5 Å². The number of aryl methyl sites for hydroxylation is 2. The van der Waals surface area contributed by atoms with Crippen LogP contribution in [-0.2, 0) is 17.8 Å². The highest BCUT2D eigenvalue weighted by Gasteiger charge is 2.15. The highest BCUT2D eigenvalue weighted by Crippen LogP contribution is 2.24. The molecular formula is C20H29N7O2S. The summed E-state index contributed by atoms with van der Waals surface area (Å²) in [6.07, 6.45) is 2.79. The zero-order chi connectivity index (χ0) is 21.7. The van der Waals surface area contributed by atoms with Gasteiger partial charge in [-0.25, -0.2) is 14.6 Å². The minimum atomic E-state index is -0.00882.